The molecule has 0 saturated carbocycles. The lowest BCUT2D eigenvalue weighted by atomic mass is 10.1. The van der Waals surface area contributed by atoms with Gasteiger partial charge < -0.3 is 19.7 Å². The van der Waals surface area contributed by atoms with E-state index in [1.807, 2.05) is 49.1 Å². The first-order chi connectivity index (χ1) is 12.1. The highest BCUT2D eigenvalue weighted by Gasteiger charge is 2.14. The fraction of sp³-hybridized carbons (Fsp3) is 0.100. The third-order valence-electron chi connectivity index (χ3n) is 3.96. The van der Waals surface area contributed by atoms with E-state index >= 15 is 0 Å². The van der Waals surface area contributed by atoms with Gasteiger partial charge in [-0.2, -0.15) is 0 Å². The van der Waals surface area contributed by atoms with Crippen LogP contribution in [0.3, 0.4) is 0 Å². The second kappa shape index (κ2) is 7.32. The molecule has 0 bridgehead atoms. The minimum absolute atomic E-state index is 0.0491. The first-order valence-corrected chi connectivity index (χ1v) is 7.97. The maximum absolute atomic E-state index is 10.2. The van der Waals surface area contributed by atoms with Crippen LogP contribution in [0, 0.1) is 13.8 Å². The summed E-state index contributed by atoms with van der Waals surface area (Å²) in [6.45, 7) is 4.09. The van der Waals surface area contributed by atoms with Crippen LogP contribution in [0.5, 0.6) is 11.5 Å². The summed E-state index contributed by atoms with van der Waals surface area (Å²) in [4.78, 5) is 2.05. The molecular weight excluding hydrogens is 313 g/mol. The first kappa shape index (κ1) is 16.9. The first-order valence-electron chi connectivity index (χ1n) is 7.97. The standard InChI is InChI=1S/C20H19BNO3/c1-14-3-7-16(8-4-14)22(17-9-5-15(2)6-10-17)18-11-12-20(25-21-24)19(23)13-18/h3-13,23-24H,1-2H3. The van der Waals surface area contributed by atoms with E-state index in [0.717, 1.165) is 17.1 Å². The van der Waals surface area contributed by atoms with Crippen LogP contribution in [0.1, 0.15) is 11.1 Å². The number of rotatable bonds is 5. The van der Waals surface area contributed by atoms with Crippen molar-refractivity contribution in [1.82, 2.24) is 0 Å². The molecular formula is C20H19BNO3. The Hall–Kier alpha value is -2.92. The number of benzene rings is 3. The zero-order valence-corrected chi connectivity index (χ0v) is 14.2. The third-order valence-corrected chi connectivity index (χ3v) is 3.96. The molecule has 1 radical (unpaired) electrons. The van der Waals surface area contributed by atoms with E-state index in [1.165, 1.54) is 11.1 Å². The fourth-order valence-corrected chi connectivity index (χ4v) is 2.64. The Kier molecular flexibility index (Phi) is 4.96. The SMILES string of the molecule is Cc1ccc(N(c2ccc(C)cc2)c2ccc(O[B]O)c(O)c2)cc1. The number of hydrogen-bond acceptors (Lipinski definition) is 4. The van der Waals surface area contributed by atoms with Crippen LogP contribution in [-0.2, 0) is 0 Å². The minimum atomic E-state index is -0.0491. The molecule has 0 spiro atoms. The van der Waals surface area contributed by atoms with Crippen LogP contribution in [0.15, 0.2) is 66.7 Å². The summed E-state index contributed by atoms with van der Waals surface area (Å²) in [6, 6.07) is 21.4. The molecule has 0 heterocycles. The predicted octanol–water partition coefficient (Wildman–Crippen LogP) is 4.38. The number of aromatic hydroxyl groups is 1. The van der Waals surface area contributed by atoms with Crippen molar-refractivity contribution in [3.05, 3.63) is 77.9 Å². The van der Waals surface area contributed by atoms with Crippen LogP contribution in [0.25, 0.3) is 0 Å². The summed E-state index contributed by atoms with van der Waals surface area (Å²) in [6.07, 6.45) is 0. The minimum Gasteiger partial charge on any atom is -0.535 e. The maximum Gasteiger partial charge on any atom is 0.569 e. The van der Waals surface area contributed by atoms with Gasteiger partial charge in [0, 0.05) is 17.4 Å². The molecule has 3 rings (SSSR count). The summed E-state index contributed by atoms with van der Waals surface area (Å²) < 4.78 is 4.88. The van der Waals surface area contributed by atoms with Crippen molar-refractivity contribution >= 4 is 24.7 Å². The fourth-order valence-electron chi connectivity index (χ4n) is 2.64. The van der Waals surface area contributed by atoms with Crippen molar-refractivity contribution in [1.29, 1.82) is 0 Å². The number of anilines is 3. The van der Waals surface area contributed by atoms with E-state index in [0.29, 0.717) is 7.69 Å². The molecule has 0 fully saturated rings. The highest BCUT2D eigenvalue weighted by atomic mass is 16.5. The molecule has 3 aromatic rings. The number of nitrogens with zero attached hydrogens (tertiary/aromatic N) is 1. The number of phenolic OH excluding ortho intramolecular Hbond substituents is 1. The van der Waals surface area contributed by atoms with Crippen molar-refractivity contribution in [2.24, 2.45) is 0 Å². The molecule has 0 aromatic heterocycles. The average Bonchev–Trinajstić information content (AvgIpc) is 2.61. The zero-order valence-electron chi connectivity index (χ0n) is 14.2. The molecule has 125 valence electrons. The van der Waals surface area contributed by atoms with E-state index in [-0.39, 0.29) is 11.5 Å². The van der Waals surface area contributed by atoms with Gasteiger partial charge in [-0.25, -0.2) is 0 Å². The Bertz CT molecular complexity index is 802. The van der Waals surface area contributed by atoms with Crippen LogP contribution >= 0.6 is 0 Å². The van der Waals surface area contributed by atoms with Crippen molar-refractivity contribution in [2.75, 3.05) is 4.90 Å². The molecule has 0 amide bonds. The lowest BCUT2D eigenvalue weighted by Crippen LogP contribution is -2.10. The molecule has 0 aliphatic heterocycles. The third kappa shape index (κ3) is 3.78. The van der Waals surface area contributed by atoms with Gasteiger partial charge in [-0.15, -0.1) is 0 Å². The Morgan fingerprint density at radius 2 is 1.24 bits per heavy atom. The van der Waals surface area contributed by atoms with Crippen molar-refractivity contribution in [3.63, 3.8) is 0 Å². The van der Waals surface area contributed by atoms with Gasteiger partial charge in [-0.05, 0) is 50.2 Å². The van der Waals surface area contributed by atoms with E-state index in [9.17, 15) is 5.11 Å². The molecule has 5 heteroatoms. The van der Waals surface area contributed by atoms with Crippen molar-refractivity contribution in [2.45, 2.75) is 13.8 Å². The van der Waals surface area contributed by atoms with Gasteiger partial charge in [-0.1, -0.05) is 35.4 Å². The van der Waals surface area contributed by atoms with Gasteiger partial charge in [0.05, 0.1) is 5.69 Å². The Morgan fingerprint density at radius 1 is 0.760 bits per heavy atom. The maximum atomic E-state index is 10.2. The predicted molar refractivity (Wildman–Crippen MR) is 101 cm³/mol. The molecule has 4 nitrogen and oxygen atoms in total. The summed E-state index contributed by atoms with van der Waals surface area (Å²) in [5.41, 5.74) is 5.11. The van der Waals surface area contributed by atoms with E-state index in [4.69, 9.17) is 9.68 Å². The smallest absolute Gasteiger partial charge is 0.535 e. The molecule has 25 heavy (non-hydrogen) atoms. The van der Waals surface area contributed by atoms with Gasteiger partial charge >= 0.3 is 7.69 Å². The quantitative estimate of drug-likeness (QED) is 0.681. The van der Waals surface area contributed by atoms with Gasteiger partial charge in [0.2, 0.25) is 0 Å². The highest BCUT2D eigenvalue weighted by Crippen LogP contribution is 2.38. The topological polar surface area (TPSA) is 52.9 Å². The summed E-state index contributed by atoms with van der Waals surface area (Å²) >= 11 is 0. The molecule has 0 aliphatic rings. The number of hydrogen-bond donors (Lipinski definition) is 2. The molecule has 0 aliphatic carbocycles. The highest BCUT2D eigenvalue weighted by molar-refractivity contribution is 6.17. The Balaban J connectivity index is 2.09. The molecule has 3 aromatic carbocycles. The van der Waals surface area contributed by atoms with E-state index in [2.05, 4.69) is 24.3 Å². The number of aryl methyl sites for hydroxylation is 2. The lowest BCUT2D eigenvalue weighted by Gasteiger charge is -2.26. The van der Waals surface area contributed by atoms with Crippen LogP contribution in [0.4, 0.5) is 17.1 Å². The summed E-state index contributed by atoms with van der Waals surface area (Å²) in [5.74, 6) is 0.144. The Labute approximate surface area is 148 Å². The zero-order chi connectivity index (χ0) is 17.8. The monoisotopic (exact) mass is 332 g/mol. The average molecular weight is 332 g/mol. The molecule has 0 atom stereocenters. The number of phenols is 1. The summed E-state index contributed by atoms with van der Waals surface area (Å²) in [7, 11) is 0.548. The van der Waals surface area contributed by atoms with E-state index < -0.39 is 0 Å². The lowest BCUT2D eigenvalue weighted by molar-refractivity contribution is 0.410. The molecule has 0 saturated heterocycles. The molecule has 0 unspecified atom stereocenters. The van der Waals surface area contributed by atoms with Gasteiger partial charge in [0.1, 0.15) is 5.75 Å². The molecule has 2 N–H and O–H groups in total. The van der Waals surface area contributed by atoms with Crippen molar-refractivity contribution in [3.8, 4) is 11.5 Å². The summed E-state index contributed by atoms with van der Waals surface area (Å²) in [5, 5.41) is 18.9. The van der Waals surface area contributed by atoms with Crippen LogP contribution in [0.2, 0.25) is 0 Å². The largest absolute Gasteiger partial charge is 0.569 e. The van der Waals surface area contributed by atoms with Gasteiger partial charge in [0.15, 0.2) is 5.75 Å². The second-order valence-electron chi connectivity index (χ2n) is 5.88. The van der Waals surface area contributed by atoms with Crippen LogP contribution in [-0.4, -0.2) is 17.8 Å². The Morgan fingerprint density at radius 3 is 1.68 bits per heavy atom. The normalized spacial score (nSPS) is 10.4. The van der Waals surface area contributed by atoms with E-state index in [1.54, 1.807) is 12.1 Å². The van der Waals surface area contributed by atoms with Crippen molar-refractivity contribution < 1.29 is 14.8 Å². The van der Waals surface area contributed by atoms with Gasteiger partial charge in [0.25, 0.3) is 0 Å². The van der Waals surface area contributed by atoms with Crippen LogP contribution < -0.4 is 9.55 Å². The van der Waals surface area contributed by atoms with Gasteiger partial charge in [-0.3, -0.25) is 0 Å². The second-order valence-corrected chi connectivity index (χ2v) is 5.88.